The summed E-state index contributed by atoms with van der Waals surface area (Å²) in [6, 6.07) is 50.5. The zero-order chi connectivity index (χ0) is 56.1. The maximum atomic E-state index is 14.8. The second-order valence-electron chi connectivity index (χ2n) is 18.7. The third kappa shape index (κ3) is 11.1. The lowest BCUT2D eigenvalue weighted by molar-refractivity contribution is -0.172. The molecule has 2 aromatic heterocycles. The summed E-state index contributed by atoms with van der Waals surface area (Å²) in [5.74, 6) is -5.86. The van der Waals surface area contributed by atoms with Crippen molar-refractivity contribution in [3.63, 3.8) is 0 Å². The van der Waals surface area contributed by atoms with E-state index in [1.54, 1.807) is 5.38 Å². The van der Waals surface area contributed by atoms with Gasteiger partial charge in [0.15, 0.2) is 38.5 Å². The fourth-order valence-electron chi connectivity index (χ4n) is 9.14. The first-order chi connectivity index (χ1) is 38.6. The van der Waals surface area contributed by atoms with Crippen LogP contribution in [0, 0.1) is 0 Å². The van der Waals surface area contributed by atoms with E-state index in [1.807, 2.05) is 152 Å². The number of oxime groups is 1. The molecule has 2 atom stereocenters. The first-order valence-electron chi connectivity index (χ1n) is 24.7. The molecule has 2 aliphatic rings. The quantitative estimate of drug-likeness (QED) is 0.00790. The average Bonchev–Trinajstić information content (AvgIpc) is 4.22. The monoisotopic (exact) mass is 1140 g/mol. The number of carbonyl (C=O) groups is 5. The zero-order valence-electron chi connectivity index (χ0n) is 42.5. The number of thioether (sulfide) groups is 2. The number of rotatable bonds is 20. The maximum absolute atomic E-state index is 14.8. The van der Waals surface area contributed by atoms with E-state index >= 15 is 0 Å². The van der Waals surface area contributed by atoms with Gasteiger partial charge < -0.3 is 40.6 Å². The van der Waals surface area contributed by atoms with Crippen LogP contribution in [0.1, 0.15) is 64.0 Å². The van der Waals surface area contributed by atoms with Gasteiger partial charge in [-0.15, -0.1) is 34.4 Å². The number of esters is 1. The van der Waals surface area contributed by atoms with Gasteiger partial charge in [-0.1, -0.05) is 169 Å². The highest BCUT2D eigenvalue weighted by Crippen LogP contribution is 2.45. The number of thiazole rings is 2. The summed E-state index contributed by atoms with van der Waals surface area (Å²) < 4.78 is 6.43. The number of anilines is 1. The average molecular weight is 1150 g/mol. The standard InChI is InChI=1S/C59H48N6O11S4/c1-58(2,55(74)75-48(34-18-8-3-9-19-34)35-20-10-4-11-21-35)76-64-44(41-33-78-56(60-41)63-59(38-22-12-5-13-23-38,39-24-14-6-15-25-39)40-26-16-7-17-27-40)50(68)61-46-51(69)65-47(54(72)73)37(31-77-52(46)65)32-79-57-62-45(53(70)71)49(80-57)36-28-29-42(66)43(67)30-36/h3-30,33,46,48,52,66-67H,31-32H2,1-2H3,(H,60,63)(H,61,68)(H,70,71)(H,72,73)/t46-,52+/m1/s1. The molecule has 0 radical (unpaired) electrons. The molecule has 0 bridgehead atoms. The summed E-state index contributed by atoms with van der Waals surface area (Å²) >= 11 is 4.47. The van der Waals surface area contributed by atoms with Crippen molar-refractivity contribution in [3.05, 3.63) is 226 Å². The molecule has 1 saturated heterocycles. The van der Waals surface area contributed by atoms with Crippen molar-refractivity contribution < 1.29 is 54.0 Å². The Balaban J connectivity index is 0.946. The predicted octanol–water partition coefficient (Wildman–Crippen LogP) is 10.1. The van der Waals surface area contributed by atoms with Gasteiger partial charge in [0, 0.05) is 16.9 Å². The molecule has 6 N–H and O–H groups in total. The van der Waals surface area contributed by atoms with Gasteiger partial charge >= 0.3 is 17.9 Å². The molecule has 0 aliphatic carbocycles. The number of hydrogen-bond donors (Lipinski definition) is 6. The van der Waals surface area contributed by atoms with Crippen molar-refractivity contribution in [2.24, 2.45) is 5.16 Å². The van der Waals surface area contributed by atoms with Gasteiger partial charge in [0.2, 0.25) is 5.60 Å². The molecular weight excluding hydrogens is 1100 g/mol. The topological polar surface area (TPSA) is 250 Å². The van der Waals surface area contributed by atoms with Crippen LogP contribution in [0.15, 0.2) is 196 Å². The van der Waals surface area contributed by atoms with Crippen molar-refractivity contribution in [3.8, 4) is 21.9 Å². The fourth-order valence-corrected chi connectivity index (χ4v) is 13.5. The number of amides is 2. The number of phenols is 2. The second-order valence-corrected chi connectivity index (χ2v) is 22.9. The number of nitrogens with zero attached hydrogens (tertiary/aromatic N) is 4. The highest BCUT2D eigenvalue weighted by atomic mass is 32.2. The molecule has 0 spiro atoms. The van der Waals surface area contributed by atoms with E-state index < -0.39 is 69.8 Å². The molecule has 0 saturated carbocycles. The lowest BCUT2D eigenvalue weighted by atomic mass is 9.77. The van der Waals surface area contributed by atoms with E-state index in [1.165, 1.54) is 55.1 Å². The van der Waals surface area contributed by atoms with Crippen LogP contribution >= 0.6 is 46.2 Å². The minimum atomic E-state index is -1.81. The number of hydrogen-bond acceptors (Lipinski definition) is 17. The van der Waals surface area contributed by atoms with Gasteiger partial charge in [0.25, 0.3) is 11.8 Å². The number of fused-ring (bicyclic) bond motifs is 1. The van der Waals surface area contributed by atoms with Crippen LogP contribution in [0.25, 0.3) is 10.4 Å². The molecule has 404 valence electrons. The Morgan fingerprint density at radius 2 is 1.32 bits per heavy atom. The molecule has 10 rings (SSSR count). The Morgan fingerprint density at radius 1 is 0.762 bits per heavy atom. The molecule has 17 nitrogen and oxygen atoms in total. The SMILES string of the molecule is CC(C)(ON=C(C(=O)N[C@@H]1C(=O)N2C(C(=O)O)=C(CSc3nc(C(=O)O)c(-c4ccc(O)c(O)c4)s3)CS[C@@H]12)c1csc(NC(c2ccccc2)(c2ccccc2)c2ccccc2)n1)C(=O)OC(c1ccccc1)c1ccccc1. The first-order valence-corrected chi connectivity index (χ1v) is 28.4. The van der Waals surface area contributed by atoms with Gasteiger partial charge in [-0.3, -0.25) is 14.5 Å². The molecule has 2 amide bonds. The first kappa shape index (κ1) is 54.6. The van der Waals surface area contributed by atoms with Crippen LogP contribution in [0.2, 0.25) is 0 Å². The van der Waals surface area contributed by atoms with Gasteiger partial charge in [-0.05, 0) is 71.0 Å². The number of phenolic OH excluding ortho intramolecular Hbond substituents is 2. The smallest absolute Gasteiger partial charge is 0.356 e. The number of aliphatic carboxylic acids is 1. The number of aromatic nitrogens is 2. The second kappa shape index (κ2) is 23.3. The van der Waals surface area contributed by atoms with Crippen LogP contribution < -0.4 is 10.6 Å². The number of nitrogens with one attached hydrogen (secondary N) is 2. The highest BCUT2D eigenvalue weighted by molar-refractivity contribution is 8.02. The van der Waals surface area contributed by atoms with Crippen LogP contribution in [0.5, 0.6) is 11.5 Å². The van der Waals surface area contributed by atoms with Crippen molar-refractivity contribution in [1.29, 1.82) is 0 Å². The van der Waals surface area contributed by atoms with Crippen molar-refractivity contribution in [1.82, 2.24) is 20.2 Å². The number of β-lactam (4-membered cyclic amide) rings is 1. The third-order valence-corrected chi connectivity index (χ3v) is 17.5. The van der Waals surface area contributed by atoms with E-state index in [4.69, 9.17) is 14.6 Å². The van der Waals surface area contributed by atoms with Crippen molar-refractivity contribution in [2.75, 3.05) is 16.8 Å². The minimum absolute atomic E-state index is 0.0130. The van der Waals surface area contributed by atoms with Crippen LogP contribution in [0.4, 0.5) is 5.13 Å². The summed E-state index contributed by atoms with van der Waals surface area (Å²) in [6.45, 7) is 2.90. The van der Waals surface area contributed by atoms with E-state index in [0.717, 1.165) is 44.7 Å². The van der Waals surface area contributed by atoms with Crippen LogP contribution in [-0.2, 0) is 34.3 Å². The molecule has 21 heteroatoms. The molecule has 1 fully saturated rings. The normalized spacial score (nSPS) is 15.4. The van der Waals surface area contributed by atoms with E-state index in [9.17, 15) is 44.4 Å². The lowest BCUT2D eigenvalue weighted by Crippen LogP contribution is -2.71. The Morgan fingerprint density at radius 3 is 1.86 bits per heavy atom. The fraction of sp³-hybridized carbons (Fsp3) is 0.153. The lowest BCUT2D eigenvalue weighted by Gasteiger charge is -2.49. The maximum Gasteiger partial charge on any atom is 0.356 e. The zero-order valence-corrected chi connectivity index (χ0v) is 45.7. The Hall–Kier alpha value is -8.76. The van der Waals surface area contributed by atoms with Gasteiger partial charge in [0.1, 0.15) is 28.3 Å². The van der Waals surface area contributed by atoms with E-state index in [2.05, 4.69) is 20.8 Å². The summed E-state index contributed by atoms with van der Waals surface area (Å²) in [6.07, 6.45) is -0.826. The highest BCUT2D eigenvalue weighted by Gasteiger charge is 2.54. The van der Waals surface area contributed by atoms with Gasteiger partial charge in [-0.2, -0.15) is 0 Å². The van der Waals surface area contributed by atoms with Crippen molar-refractivity contribution >= 4 is 86.8 Å². The van der Waals surface area contributed by atoms with Gasteiger partial charge in [0.05, 0.1) is 4.88 Å². The summed E-state index contributed by atoms with van der Waals surface area (Å²) in [5.41, 5.74) is 0.949. The Labute approximate surface area is 474 Å². The number of carboxylic acids is 2. The molecule has 2 aliphatic heterocycles. The molecule has 4 heterocycles. The molecule has 80 heavy (non-hydrogen) atoms. The van der Waals surface area contributed by atoms with Gasteiger partial charge in [-0.25, -0.2) is 24.4 Å². The van der Waals surface area contributed by atoms with Crippen LogP contribution in [-0.4, -0.2) is 99.3 Å². The van der Waals surface area contributed by atoms with E-state index in [-0.39, 0.29) is 43.6 Å². The number of benzene rings is 6. The third-order valence-electron chi connectivity index (χ3n) is 13.1. The molecule has 6 aromatic carbocycles. The number of aromatic hydroxyl groups is 2. The number of carboxylic acid groups (broad SMARTS) is 2. The predicted molar refractivity (Wildman–Crippen MR) is 306 cm³/mol. The van der Waals surface area contributed by atoms with Crippen molar-refractivity contribution in [2.45, 2.75) is 46.8 Å². The van der Waals surface area contributed by atoms with E-state index in [0.29, 0.717) is 27.4 Å². The number of carbonyl (C=O) groups excluding carboxylic acids is 3. The Bertz CT molecular complexity index is 3540. The minimum Gasteiger partial charge on any atom is -0.504 e. The van der Waals surface area contributed by atoms with Crippen LogP contribution in [0.3, 0.4) is 0 Å². The number of aromatic carboxylic acids is 1. The summed E-state index contributed by atoms with van der Waals surface area (Å²) in [5, 5.41) is 52.3. The summed E-state index contributed by atoms with van der Waals surface area (Å²) in [4.78, 5) is 84.9. The molecule has 8 aromatic rings. The Kier molecular flexibility index (Phi) is 15.9. The largest absolute Gasteiger partial charge is 0.504 e. The number of ether oxygens (including phenoxy) is 1. The molecular formula is C59H48N6O11S4. The summed E-state index contributed by atoms with van der Waals surface area (Å²) in [7, 11) is 0. The molecule has 0 unspecified atom stereocenters.